The SMILES string of the molecule is O=C(NCCOCCOCCNC(=O)C(F)(OC(F)(F)C(F)(OC(F)(F)C(F)(OC(F)(F)C(F)(OC(F)(F)C(F)(OC(F)(F)C(F)(F)C(F)(F)F)C(F)(F)F)C(F)(F)F)C(F)(F)F)C(F)(F)F)C(F)(F)F)C(F)(OC(F)(F)C(F)(OC(F)(F)C(F)(OC(F)(F)C(F)(OC(F)(F)C(F)(OC(F)(F)C(F)(F)C(F)(F)F)C(F)(F)F)C(F)(F)F)C(F)(F)F)C(F)(F)F)C(F)(F)F. The molecule has 0 aromatic rings. The normalized spacial score (nSPS) is 20.3. The van der Waals surface area contributed by atoms with E-state index in [0.717, 1.165) is 9.47 Å². The third kappa shape index (κ3) is 22.0. The molecular formula is C42H14F70N2O14. The standard InChI is InChI=1S/C42H14F70N2O14/c43-9(21(57,58)59,119-35(97,98)13(49,25(69,70)71)123-39(105,106)17(53,29(81,82)83)127-41(109,110)19(55,31(87,88)89)125-37(101,102)15(51,27(75,76)77)121-33(93,94)11(45,46)23(63,64)65)7(115)113-1-3-117-5-6-118-4-2-114-8(116)10(44,22(60,61)62)120-36(99,100)14(50,26(72,73)74)124-40(107,108)18(54,30(84,85)86)128-42(111,112)20(56,32(90,91)92)126-38(103,104)16(52,28(78,79)80)122-34(95,96)12(47,48)24(66,67)68/h1-6H2,(H,113,115)(H,114,116). The van der Waals surface area contributed by atoms with Crippen LogP contribution in [0.5, 0.6) is 0 Å². The largest absolute Gasteiger partial charge is 0.462 e. The van der Waals surface area contributed by atoms with E-state index in [-0.39, 0.29) is 10.6 Å². The number of rotatable bonds is 41. The van der Waals surface area contributed by atoms with Gasteiger partial charge in [0.05, 0.1) is 26.4 Å². The Balaban J connectivity index is 7.26. The highest BCUT2D eigenvalue weighted by molar-refractivity contribution is 5.85. The Morgan fingerprint density at radius 1 is 0.156 bits per heavy atom. The van der Waals surface area contributed by atoms with Gasteiger partial charge in [-0.2, -0.15) is 307 Å². The molecule has 0 radical (unpaired) electrons. The van der Waals surface area contributed by atoms with Gasteiger partial charge in [0.25, 0.3) is 11.8 Å². The molecule has 0 spiro atoms. The molecule has 2 N–H and O–H groups in total. The van der Waals surface area contributed by atoms with Crippen LogP contribution >= 0.6 is 0 Å². The molecule has 0 rings (SSSR count). The van der Waals surface area contributed by atoms with Crippen LogP contribution in [0.25, 0.3) is 0 Å². The quantitative estimate of drug-likeness (QED) is 0.0438. The average Bonchev–Trinajstić information content (AvgIpc) is 0.710. The van der Waals surface area contributed by atoms with E-state index in [1.807, 2.05) is 0 Å². The van der Waals surface area contributed by atoms with Crippen LogP contribution in [0, 0.1) is 0 Å². The fraction of sp³-hybridized carbons (Fsp3) is 0.952. The molecule has 16 nitrogen and oxygen atoms in total. The van der Waals surface area contributed by atoms with Crippen molar-refractivity contribution in [2.75, 3.05) is 39.5 Å². The Labute approximate surface area is 642 Å². The van der Waals surface area contributed by atoms with E-state index in [2.05, 4.69) is 9.47 Å². The lowest BCUT2D eigenvalue weighted by Crippen LogP contribution is -2.73. The first-order valence-corrected chi connectivity index (χ1v) is 27.6. The molecule has 0 bridgehead atoms. The van der Waals surface area contributed by atoms with Gasteiger partial charge >= 0.3 is 206 Å². The van der Waals surface area contributed by atoms with Crippen LogP contribution in [-0.4, -0.2) is 257 Å². The molecule has 128 heavy (non-hydrogen) atoms. The average molecular weight is 2100 g/mol. The topological polar surface area (TPSA) is 169 Å². The minimum Gasteiger partial charge on any atom is -0.377 e. The molecule has 10 unspecified atom stereocenters. The number of amides is 2. The molecule has 10 atom stereocenters. The molecule has 766 valence electrons. The van der Waals surface area contributed by atoms with E-state index in [1.165, 1.54) is 9.47 Å². The van der Waals surface area contributed by atoms with E-state index >= 15 is 26.3 Å². The molecule has 0 aliphatic heterocycles. The van der Waals surface area contributed by atoms with Crippen molar-refractivity contribution in [3.8, 4) is 0 Å². The lowest BCUT2D eigenvalue weighted by atomic mass is 10.2. The molecule has 0 saturated heterocycles. The first-order chi connectivity index (χ1) is 54.6. The smallest absolute Gasteiger partial charge is 0.377 e. The Hall–Kier alpha value is -6.44. The fourth-order valence-electron chi connectivity index (χ4n) is 6.50. The zero-order valence-electron chi connectivity index (χ0n) is 55.4. The van der Waals surface area contributed by atoms with Crippen LogP contribution in [0.15, 0.2) is 0 Å². The minimum atomic E-state index is -9.91. The molecule has 0 heterocycles. The van der Waals surface area contributed by atoms with Crippen LogP contribution in [0.1, 0.15) is 0 Å². The first kappa shape index (κ1) is 122. The lowest BCUT2D eigenvalue weighted by Gasteiger charge is -2.44. The number of alkyl halides is 70. The predicted octanol–water partition coefficient (Wildman–Crippen LogP) is 20.0. The van der Waals surface area contributed by atoms with Gasteiger partial charge in [-0.05, 0) is 0 Å². The molecular weight excluding hydrogens is 2090 g/mol. The predicted molar refractivity (Wildman–Crippen MR) is 229 cm³/mol. The number of hydrogen-bond donors (Lipinski definition) is 2. The van der Waals surface area contributed by atoms with Crippen molar-refractivity contribution in [1.82, 2.24) is 10.6 Å². The Bertz CT molecular complexity index is 3500. The maximum atomic E-state index is 15.1. The van der Waals surface area contributed by atoms with Crippen molar-refractivity contribution in [3.05, 3.63) is 0 Å². The van der Waals surface area contributed by atoms with Crippen LogP contribution in [0.3, 0.4) is 0 Å². The van der Waals surface area contributed by atoms with E-state index < -0.39 is 257 Å². The number of halogens is 70. The van der Waals surface area contributed by atoms with E-state index in [9.17, 15) is 291 Å². The van der Waals surface area contributed by atoms with Gasteiger partial charge in [0, 0.05) is 13.1 Å². The van der Waals surface area contributed by atoms with Crippen LogP contribution in [-0.2, 0) is 66.4 Å². The number of hydrogen-bond acceptors (Lipinski definition) is 14. The van der Waals surface area contributed by atoms with Gasteiger partial charge < -0.3 is 20.1 Å². The monoisotopic (exact) mass is 2100 g/mol. The summed E-state index contributed by atoms with van der Waals surface area (Å²) in [4.78, 5) is 24.0. The van der Waals surface area contributed by atoms with Gasteiger partial charge in [-0.15, -0.1) is 0 Å². The number of carbonyl (C=O) groups is 2. The van der Waals surface area contributed by atoms with Gasteiger partial charge in [-0.3, -0.25) is 57.0 Å². The number of ether oxygens (including phenoxy) is 12. The van der Waals surface area contributed by atoms with Gasteiger partial charge in [-0.25, -0.2) is 0 Å². The van der Waals surface area contributed by atoms with Gasteiger partial charge in [-0.1, -0.05) is 0 Å². The molecule has 0 aromatic carbocycles. The first-order valence-electron chi connectivity index (χ1n) is 27.6. The molecule has 0 aliphatic rings. The second-order valence-corrected chi connectivity index (χ2v) is 22.0. The summed E-state index contributed by atoms with van der Waals surface area (Å²) in [5.41, 5.74) is 0. The van der Waals surface area contributed by atoms with Crippen molar-refractivity contribution < 1.29 is 374 Å². The lowest BCUT2D eigenvalue weighted by molar-refractivity contribution is -0.600. The fourth-order valence-corrected chi connectivity index (χ4v) is 6.50. The second kappa shape index (κ2) is 34.5. The van der Waals surface area contributed by atoms with Crippen molar-refractivity contribution >= 4 is 11.8 Å². The van der Waals surface area contributed by atoms with E-state index in [4.69, 9.17) is 0 Å². The third-order valence-electron chi connectivity index (χ3n) is 12.8. The van der Waals surface area contributed by atoms with Crippen molar-refractivity contribution in [1.29, 1.82) is 0 Å². The summed E-state index contributed by atoms with van der Waals surface area (Å²) in [6.45, 7) is -12.4. The summed E-state index contributed by atoms with van der Waals surface area (Å²) in [5, 5.41) is -0.00535. The highest BCUT2D eigenvalue weighted by Crippen LogP contribution is 2.67. The van der Waals surface area contributed by atoms with Crippen molar-refractivity contribution in [3.63, 3.8) is 0 Å². The maximum Gasteiger partial charge on any atom is 0.462 e. The van der Waals surface area contributed by atoms with Crippen molar-refractivity contribution in [2.45, 2.75) is 206 Å². The van der Waals surface area contributed by atoms with Crippen LogP contribution in [0.2, 0.25) is 0 Å². The molecule has 0 fully saturated rings. The Kier molecular flexibility index (Phi) is 32.7. The second-order valence-electron chi connectivity index (χ2n) is 22.0. The van der Waals surface area contributed by atoms with Gasteiger partial charge in [0.2, 0.25) is 0 Å². The minimum absolute atomic E-state index is 0.00268. The van der Waals surface area contributed by atoms with Crippen molar-refractivity contribution in [2.24, 2.45) is 0 Å². The van der Waals surface area contributed by atoms with Gasteiger partial charge in [0.1, 0.15) is 0 Å². The zero-order chi connectivity index (χ0) is 104. The molecule has 86 heteroatoms. The Morgan fingerprint density at radius 2 is 0.281 bits per heavy atom. The van der Waals surface area contributed by atoms with E-state index in [1.54, 1.807) is 0 Å². The van der Waals surface area contributed by atoms with Crippen LogP contribution in [0.4, 0.5) is 307 Å². The summed E-state index contributed by atoms with van der Waals surface area (Å²) in [6.07, 6.45) is -203. The van der Waals surface area contributed by atoms with E-state index in [0.29, 0.717) is 28.4 Å². The summed E-state index contributed by atoms with van der Waals surface area (Å²) in [7, 11) is 0. The van der Waals surface area contributed by atoms with Gasteiger partial charge in [0.15, 0.2) is 0 Å². The molecule has 0 aliphatic carbocycles. The third-order valence-corrected chi connectivity index (χ3v) is 12.8. The number of nitrogens with one attached hydrogen (secondary N) is 2. The molecule has 0 aromatic heterocycles. The molecule has 2 amide bonds. The summed E-state index contributed by atoms with van der Waals surface area (Å²) >= 11 is 0. The maximum absolute atomic E-state index is 15.1. The highest BCUT2D eigenvalue weighted by Gasteiger charge is 2.95. The Morgan fingerprint density at radius 3 is 0.398 bits per heavy atom. The highest BCUT2D eigenvalue weighted by atomic mass is 19.5. The summed E-state index contributed by atoms with van der Waals surface area (Å²) in [6, 6.07) is 0. The zero-order valence-corrected chi connectivity index (χ0v) is 55.4. The number of carbonyl (C=O) groups excluding carboxylic acids is 2. The molecule has 0 saturated carbocycles. The van der Waals surface area contributed by atoms with Crippen LogP contribution < -0.4 is 10.6 Å². The summed E-state index contributed by atoms with van der Waals surface area (Å²) < 4.78 is 987. The summed E-state index contributed by atoms with van der Waals surface area (Å²) in [5.74, 6) is -120.